The Kier molecular flexibility index (Phi) is 3.55. The molecule has 1 aliphatic heterocycles. The molecule has 2 heterocycles. The van der Waals surface area contributed by atoms with Crippen LogP contribution in [0, 0.1) is 0 Å². The summed E-state index contributed by atoms with van der Waals surface area (Å²) in [4.78, 5) is 2.45. The molecule has 1 saturated heterocycles. The Balaban J connectivity index is 1.82. The van der Waals surface area contributed by atoms with Crippen LogP contribution in [0.2, 0.25) is 0 Å². The van der Waals surface area contributed by atoms with Crippen molar-refractivity contribution >= 4 is 10.9 Å². The Morgan fingerprint density at radius 2 is 2.00 bits per heavy atom. The third-order valence-electron chi connectivity index (χ3n) is 3.99. The van der Waals surface area contributed by atoms with Crippen LogP contribution in [0.15, 0.2) is 30.5 Å². The van der Waals surface area contributed by atoms with Crippen molar-refractivity contribution in [2.75, 3.05) is 32.7 Å². The zero-order valence-corrected chi connectivity index (χ0v) is 11.5. The summed E-state index contributed by atoms with van der Waals surface area (Å²) in [6.07, 6.45) is 2.18. The van der Waals surface area contributed by atoms with Crippen molar-refractivity contribution in [1.82, 2.24) is 14.8 Å². The quantitative estimate of drug-likeness (QED) is 0.866. The van der Waals surface area contributed by atoms with E-state index in [1.54, 1.807) is 0 Å². The highest BCUT2D eigenvalue weighted by molar-refractivity contribution is 5.84. The minimum absolute atomic E-state index is 0.0872. The van der Waals surface area contributed by atoms with Gasteiger partial charge in [-0.25, -0.2) is 0 Å². The predicted octanol–water partition coefficient (Wildman–Crippen LogP) is 1.08. The summed E-state index contributed by atoms with van der Waals surface area (Å²) in [7, 11) is 2.09. The number of benzene rings is 1. The van der Waals surface area contributed by atoms with Crippen molar-refractivity contribution < 1.29 is 0 Å². The summed E-state index contributed by atoms with van der Waals surface area (Å²) in [5, 5.41) is 4.66. The molecular weight excluding hydrogens is 236 g/mol. The van der Waals surface area contributed by atoms with Gasteiger partial charge in [0.2, 0.25) is 0 Å². The number of piperazine rings is 1. The Morgan fingerprint density at radius 3 is 2.79 bits per heavy atom. The minimum atomic E-state index is 0.0872. The van der Waals surface area contributed by atoms with Gasteiger partial charge in [-0.1, -0.05) is 18.2 Å². The first-order valence-electron chi connectivity index (χ1n) is 6.98. The molecule has 0 saturated carbocycles. The molecule has 0 aliphatic carbocycles. The fourth-order valence-corrected chi connectivity index (χ4v) is 2.94. The first-order valence-corrected chi connectivity index (χ1v) is 6.98. The standard InChI is InChI=1S/C15H22N4/c1-18-10-13(12-4-2-3-5-15(12)18)14(16)11-19-8-6-17-7-9-19/h2-5,10,14,17H,6-9,11,16H2,1H3. The molecule has 4 nitrogen and oxygen atoms in total. The molecule has 4 heteroatoms. The monoisotopic (exact) mass is 258 g/mol. The lowest BCUT2D eigenvalue weighted by Gasteiger charge is -2.29. The second kappa shape index (κ2) is 5.33. The normalized spacial score (nSPS) is 18.8. The van der Waals surface area contributed by atoms with Crippen molar-refractivity contribution in [3.05, 3.63) is 36.0 Å². The first-order chi connectivity index (χ1) is 9.25. The smallest absolute Gasteiger partial charge is 0.0481 e. The number of nitrogens with two attached hydrogens (primary N) is 1. The second-order valence-corrected chi connectivity index (χ2v) is 5.37. The van der Waals surface area contributed by atoms with E-state index in [9.17, 15) is 0 Å². The summed E-state index contributed by atoms with van der Waals surface area (Å²) in [5.74, 6) is 0. The summed E-state index contributed by atoms with van der Waals surface area (Å²) >= 11 is 0. The van der Waals surface area contributed by atoms with Gasteiger partial charge >= 0.3 is 0 Å². The zero-order chi connectivity index (χ0) is 13.2. The van der Waals surface area contributed by atoms with Crippen LogP contribution in [0.3, 0.4) is 0 Å². The van der Waals surface area contributed by atoms with E-state index in [1.165, 1.54) is 16.5 Å². The summed E-state index contributed by atoms with van der Waals surface area (Å²) in [6.45, 7) is 5.27. The maximum absolute atomic E-state index is 6.43. The number of fused-ring (bicyclic) bond motifs is 1. The number of rotatable bonds is 3. The average molecular weight is 258 g/mol. The van der Waals surface area contributed by atoms with Crippen molar-refractivity contribution in [2.24, 2.45) is 12.8 Å². The van der Waals surface area contributed by atoms with E-state index in [2.05, 4.69) is 52.3 Å². The Bertz CT molecular complexity index is 554. The number of aromatic nitrogens is 1. The fraction of sp³-hybridized carbons (Fsp3) is 0.467. The van der Waals surface area contributed by atoms with Gasteiger partial charge in [-0.3, -0.25) is 4.90 Å². The SMILES string of the molecule is Cn1cc(C(N)CN2CCNCC2)c2ccccc21. The van der Waals surface area contributed by atoms with Crippen molar-refractivity contribution in [3.8, 4) is 0 Å². The van der Waals surface area contributed by atoms with Gasteiger partial charge < -0.3 is 15.6 Å². The summed E-state index contributed by atoms with van der Waals surface area (Å²) in [5.41, 5.74) is 8.95. The molecule has 0 bridgehead atoms. The van der Waals surface area contributed by atoms with Gasteiger partial charge in [0.1, 0.15) is 0 Å². The van der Waals surface area contributed by atoms with Gasteiger partial charge in [0.25, 0.3) is 0 Å². The van der Waals surface area contributed by atoms with Gasteiger partial charge in [-0.15, -0.1) is 0 Å². The molecular formula is C15H22N4. The van der Waals surface area contributed by atoms with E-state index in [4.69, 9.17) is 5.73 Å². The van der Waals surface area contributed by atoms with E-state index in [-0.39, 0.29) is 6.04 Å². The van der Waals surface area contributed by atoms with Crippen LogP contribution in [0.25, 0.3) is 10.9 Å². The molecule has 3 rings (SSSR count). The number of hydrogen-bond acceptors (Lipinski definition) is 3. The van der Waals surface area contributed by atoms with Crippen LogP contribution in [0.1, 0.15) is 11.6 Å². The average Bonchev–Trinajstić information content (AvgIpc) is 2.78. The Hall–Kier alpha value is -1.36. The predicted molar refractivity (Wildman–Crippen MR) is 79.2 cm³/mol. The largest absolute Gasteiger partial charge is 0.350 e. The molecule has 0 amide bonds. The summed E-state index contributed by atoms with van der Waals surface area (Å²) < 4.78 is 2.17. The molecule has 1 fully saturated rings. The number of hydrogen-bond donors (Lipinski definition) is 2. The van der Waals surface area contributed by atoms with Gasteiger partial charge in [0.05, 0.1) is 0 Å². The lowest BCUT2D eigenvalue weighted by Crippen LogP contribution is -2.45. The van der Waals surface area contributed by atoms with Crippen LogP contribution in [0.4, 0.5) is 0 Å². The van der Waals surface area contributed by atoms with Gasteiger partial charge in [0, 0.05) is 62.9 Å². The van der Waals surface area contributed by atoms with E-state index in [0.29, 0.717) is 0 Å². The highest BCUT2D eigenvalue weighted by Gasteiger charge is 2.17. The van der Waals surface area contributed by atoms with E-state index in [0.717, 1.165) is 32.7 Å². The maximum Gasteiger partial charge on any atom is 0.0481 e. The molecule has 1 aliphatic rings. The lowest BCUT2D eigenvalue weighted by atomic mass is 10.1. The summed E-state index contributed by atoms with van der Waals surface area (Å²) in [6, 6.07) is 8.57. The van der Waals surface area contributed by atoms with Crippen LogP contribution in [0.5, 0.6) is 0 Å². The molecule has 1 aromatic carbocycles. The molecule has 1 unspecified atom stereocenters. The minimum Gasteiger partial charge on any atom is -0.350 e. The molecule has 102 valence electrons. The number of aryl methyl sites for hydroxylation is 1. The van der Waals surface area contributed by atoms with Crippen molar-refractivity contribution in [2.45, 2.75) is 6.04 Å². The second-order valence-electron chi connectivity index (χ2n) is 5.37. The third-order valence-corrected chi connectivity index (χ3v) is 3.99. The number of nitrogens with one attached hydrogen (secondary N) is 1. The van der Waals surface area contributed by atoms with Crippen molar-refractivity contribution in [1.29, 1.82) is 0 Å². The molecule has 19 heavy (non-hydrogen) atoms. The highest BCUT2D eigenvalue weighted by Crippen LogP contribution is 2.25. The topological polar surface area (TPSA) is 46.2 Å². The van der Waals surface area contributed by atoms with E-state index in [1.807, 2.05) is 0 Å². The van der Waals surface area contributed by atoms with Crippen LogP contribution >= 0.6 is 0 Å². The lowest BCUT2D eigenvalue weighted by molar-refractivity contribution is 0.228. The number of para-hydroxylation sites is 1. The van der Waals surface area contributed by atoms with Crippen LogP contribution in [-0.2, 0) is 7.05 Å². The molecule has 3 N–H and O–H groups in total. The third kappa shape index (κ3) is 2.52. The molecule has 1 atom stereocenters. The Morgan fingerprint density at radius 1 is 1.26 bits per heavy atom. The molecule has 0 spiro atoms. The number of nitrogens with zero attached hydrogens (tertiary/aromatic N) is 2. The van der Waals surface area contributed by atoms with Gasteiger partial charge in [-0.05, 0) is 11.6 Å². The molecule has 2 aromatic rings. The maximum atomic E-state index is 6.43. The van der Waals surface area contributed by atoms with E-state index >= 15 is 0 Å². The zero-order valence-electron chi connectivity index (χ0n) is 11.5. The van der Waals surface area contributed by atoms with Gasteiger partial charge in [-0.2, -0.15) is 0 Å². The van der Waals surface area contributed by atoms with E-state index < -0.39 is 0 Å². The molecule has 0 radical (unpaired) electrons. The first kappa shape index (κ1) is 12.7. The van der Waals surface area contributed by atoms with Crippen LogP contribution in [-0.4, -0.2) is 42.2 Å². The van der Waals surface area contributed by atoms with Crippen molar-refractivity contribution in [3.63, 3.8) is 0 Å². The highest BCUT2D eigenvalue weighted by atomic mass is 15.2. The Labute approximate surface area is 114 Å². The molecule has 1 aromatic heterocycles. The van der Waals surface area contributed by atoms with Gasteiger partial charge in [0.15, 0.2) is 0 Å². The fourth-order valence-electron chi connectivity index (χ4n) is 2.94. The van der Waals surface area contributed by atoms with Crippen LogP contribution < -0.4 is 11.1 Å².